The molecular formula is C15H7BrCl2N2O3S. The molecule has 9 heteroatoms. The van der Waals surface area contributed by atoms with Gasteiger partial charge in [-0.1, -0.05) is 29.3 Å². The zero-order chi connectivity index (χ0) is 17.4. The van der Waals surface area contributed by atoms with Crippen LogP contribution in [0.5, 0.6) is 0 Å². The molecule has 1 aromatic heterocycles. The van der Waals surface area contributed by atoms with Gasteiger partial charge in [0.15, 0.2) is 9.78 Å². The molecule has 1 fully saturated rings. The van der Waals surface area contributed by atoms with E-state index >= 15 is 0 Å². The highest BCUT2D eigenvalue weighted by molar-refractivity contribution is 9.10. The highest BCUT2D eigenvalue weighted by atomic mass is 79.9. The summed E-state index contributed by atoms with van der Waals surface area (Å²) in [6, 6.07) is 8.05. The van der Waals surface area contributed by atoms with Gasteiger partial charge in [-0.2, -0.15) is 0 Å². The lowest BCUT2D eigenvalue weighted by Crippen LogP contribution is -2.54. The second-order valence-corrected chi connectivity index (χ2v) is 6.63. The number of amides is 2. The molecule has 1 aliphatic rings. The summed E-state index contributed by atoms with van der Waals surface area (Å²) in [5.74, 6) is -0.905. The van der Waals surface area contributed by atoms with E-state index in [9.17, 15) is 9.59 Å². The number of hydrogen-bond acceptors (Lipinski definition) is 4. The lowest BCUT2D eigenvalue weighted by molar-refractivity contribution is -0.122. The fourth-order valence-corrected chi connectivity index (χ4v) is 3.06. The quantitative estimate of drug-likeness (QED) is 0.428. The van der Waals surface area contributed by atoms with Crippen LogP contribution < -0.4 is 10.2 Å². The molecule has 0 aliphatic carbocycles. The minimum Gasteiger partial charge on any atom is -0.450 e. The van der Waals surface area contributed by atoms with Gasteiger partial charge in [-0.3, -0.25) is 19.8 Å². The van der Waals surface area contributed by atoms with Gasteiger partial charge in [-0.15, -0.1) is 0 Å². The molecule has 0 spiro atoms. The number of anilines is 1. The van der Waals surface area contributed by atoms with Crippen molar-refractivity contribution in [1.82, 2.24) is 5.32 Å². The van der Waals surface area contributed by atoms with Gasteiger partial charge in [-0.25, -0.2) is 0 Å². The van der Waals surface area contributed by atoms with Crippen molar-refractivity contribution in [3.8, 4) is 0 Å². The van der Waals surface area contributed by atoms with E-state index in [0.717, 1.165) is 4.90 Å². The Kier molecular flexibility index (Phi) is 4.78. The molecule has 2 aromatic rings. The van der Waals surface area contributed by atoms with Gasteiger partial charge < -0.3 is 4.42 Å². The summed E-state index contributed by atoms with van der Waals surface area (Å²) in [7, 11) is 0. The number of carbonyl (C=O) groups is 2. The zero-order valence-electron chi connectivity index (χ0n) is 11.7. The minimum atomic E-state index is -0.625. The van der Waals surface area contributed by atoms with Crippen molar-refractivity contribution in [2.24, 2.45) is 0 Å². The molecule has 5 nitrogen and oxygen atoms in total. The maximum absolute atomic E-state index is 12.8. The third-order valence-corrected chi connectivity index (χ3v) is 4.67. The van der Waals surface area contributed by atoms with Crippen LogP contribution >= 0.6 is 51.3 Å². The Morgan fingerprint density at radius 3 is 2.62 bits per heavy atom. The highest BCUT2D eigenvalue weighted by Gasteiger charge is 2.35. The number of furan rings is 1. The number of carbonyl (C=O) groups excluding carboxylic acids is 2. The average Bonchev–Trinajstić information content (AvgIpc) is 2.93. The molecule has 0 unspecified atom stereocenters. The van der Waals surface area contributed by atoms with E-state index in [1.807, 2.05) is 0 Å². The maximum atomic E-state index is 12.8. The van der Waals surface area contributed by atoms with Gasteiger partial charge in [-0.05, 0) is 58.5 Å². The Bertz CT molecular complexity index is 910. The molecule has 0 atom stereocenters. The van der Waals surface area contributed by atoms with Crippen molar-refractivity contribution >= 4 is 80.0 Å². The molecule has 3 rings (SSSR count). The Morgan fingerprint density at radius 2 is 1.96 bits per heavy atom. The van der Waals surface area contributed by atoms with Crippen LogP contribution in [0.25, 0.3) is 6.08 Å². The molecule has 0 bridgehead atoms. The normalized spacial score (nSPS) is 16.7. The van der Waals surface area contributed by atoms with Gasteiger partial charge in [0.2, 0.25) is 0 Å². The summed E-state index contributed by atoms with van der Waals surface area (Å²) in [5.41, 5.74) is 0.146. The standard InChI is InChI=1S/C15H7BrCl2N2O3S/c16-11-5-4-7(23-11)6-8-13(21)19-15(24)20(14(8)22)10-3-1-2-9(17)12(10)18/h1-6H,(H,19,21,24)/b8-6-. The Hall–Kier alpha value is -1.67. The summed E-state index contributed by atoms with van der Waals surface area (Å²) in [4.78, 5) is 26.0. The van der Waals surface area contributed by atoms with E-state index < -0.39 is 11.8 Å². The number of nitrogens with one attached hydrogen (secondary N) is 1. The third kappa shape index (κ3) is 3.12. The topological polar surface area (TPSA) is 62.6 Å². The first-order valence-corrected chi connectivity index (χ1v) is 8.45. The van der Waals surface area contributed by atoms with Gasteiger partial charge >= 0.3 is 0 Å². The van der Waals surface area contributed by atoms with Crippen LogP contribution in [0.15, 0.2) is 45.0 Å². The molecule has 122 valence electrons. The van der Waals surface area contributed by atoms with Crippen molar-refractivity contribution < 1.29 is 14.0 Å². The van der Waals surface area contributed by atoms with E-state index in [4.69, 9.17) is 39.8 Å². The molecule has 2 amide bonds. The summed E-state index contributed by atoms with van der Waals surface area (Å²) in [6.45, 7) is 0. The van der Waals surface area contributed by atoms with Crippen LogP contribution in [0, 0.1) is 0 Å². The van der Waals surface area contributed by atoms with Crippen molar-refractivity contribution in [3.05, 3.63) is 56.4 Å². The largest absolute Gasteiger partial charge is 0.450 e. The van der Waals surface area contributed by atoms with Crippen LogP contribution in [-0.2, 0) is 9.59 Å². The molecule has 2 heterocycles. The van der Waals surface area contributed by atoms with Crippen LogP contribution in [-0.4, -0.2) is 16.9 Å². The number of rotatable bonds is 2. The summed E-state index contributed by atoms with van der Waals surface area (Å²) in [5, 5.41) is 2.80. The van der Waals surface area contributed by atoms with Crippen molar-refractivity contribution in [2.45, 2.75) is 0 Å². The number of hydrogen-bond donors (Lipinski definition) is 1. The number of halogens is 3. The van der Waals surface area contributed by atoms with Crippen molar-refractivity contribution in [3.63, 3.8) is 0 Å². The summed E-state index contributed by atoms with van der Waals surface area (Å²) >= 11 is 20.4. The number of nitrogens with zero attached hydrogens (tertiary/aromatic N) is 1. The van der Waals surface area contributed by atoms with Crippen LogP contribution in [0.3, 0.4) is 0 Å². The Morgan fingerprint density at radius 1 is 1.21 bits per heavy atom. The lowest BCUT2D eigenvalue weighted by atomic mass is 10.1. The van der Waals surface area contributed by atoms with Gasteiger partial charge in [0.05, 0.1) is 15.7 Å². The molecule has 0 radical (unpaired) electrons. The molecule has 24 heavy (non-hydrogen) atoms. The highest BCUT2D eigenvalue weighted by Crippen LogP contribution is 2.34. The first kappa shape index (κ1) is 17.2. The second-order valence-electron chi connectivity index (χ2n) is 4.67. The van der Waals surface area contributed by atoms with Crippen LogP contribution in [0.1, 0.15) is 5.76 Å². The predicted molar refractivity (Wildman–Crippen MR) is 99.1 cm³/mol. The first-order valence-electron chi connectivity index (χ1n) is 6.49. The lowest BCUT2D eigenvalue weighted by Gasteiger charge is -2.29. The van der Waals surface area contributed by atoms with Crippen LogP contribution in [0.2, 0.25) is 10.0 Å². The smallest absolute Gasteiger partial charge is 0.270 e. The molecule has 1 saturated heterocycles. The molecule has 0 saturated carbocycles. The molecule has 1 aliphatic heterocycles. The SMILES string of the molecule is O=C1NC(=S)N(c2cccc(Cl)c2Cl)C(=O)/C1=C\c1ccc(Br)o1. The Labute approximate surface area is 160 Å². The van der Waals surface area contributed by atoms with Crippen LogP contribution in [0.4, 0.5) is 5.69 Å². The maximum Gasteiger partial charge on any atom is 0.270 e. The summed E-state index contributed by atoms with van der Waals surface area (Å²) in [6.07, 6.45) is 1.33. The molecule has 1 N–H and O–H groups in total. The van der Waals surface area contributed by atoms with Gasteiger partial charge in [0.25, 0.3) is 11.8 Å². The van der Waals surface area contributed by atoms with E-state index in [1.165, 1.54) is 6.08 Å². The van der Waals surface area contributed by atoms with Gasteiger partial charge in [0, 0.05) is 0 Å². The zero-order valence-corrected chi connectivity index (χ0v) is 15.6. The van der Waals surface area contributed by atoms with Gasteiger partial charge in [0.1, 0.15) is 11.3 Å². The van der Waals surface area contributed by atoms with E-state index in [1.54, 1.807) is 30.3 Å². The molecule has 1 aromatic carbocycles. The van der Waals surface area contributed by atoms with E-state index in [2.05, 4.69) is 21.2 Å². The second kappa shape index (κ2) is 6.68. The fourth-order valence-electron chi connectivity index (χ4n) is 2.09. The fraction of sp³-hybridized carbons (Fsp3) is 0. The van der Waals surface area contributed by atoms with Crippen molar-refractivity contribution in [2.75, 3.05) is 4.90 Å². The molecular weight excluding hydrogens is 439 g/mol. The van der Waals surface area contributed by atoms with E-state index in [0.29, 0.717) is 10.4 Å². The minimum absolute atomic E-state index is 0.0769. The average molecular weight is 446 g/mol. The van der Waals surface area contributed by atoms with Crippen molar-refractivity contribution in [1.29, 1.82) is 0 Å². The predicted octanol–water partition coefficient (Wildman–Crippen LogP) is 4.18. The first-order chi connectivity index (χ1) is 11.4. The number of thiocarbonyl (C=S) groups is 1. The monoisotopic (exact) mass is 444 g/mol. The summed E-state index contributed by atoms with van der Waals surface area (Å²) < 4.78 is 5.78. The van der Waals surface area contributed by atoms with E-state index in [-0.39, 0.29) is 26.4 Å². The third-order valence-electron chi connectivity index (χ3n) is 3.15. The Balaban J connectivity index is 2.06. The number of benzene rings is 1.